The predicted molar refractivity (Wildman–Crippen MR) is 89.3 cm³/mol. The molecule has 6 heteroatoms. The molecule has 3 heterocycles. The zero-order valence-electron chi connectivity index (χ0n) is 13.3. The Bertz CT molecular complexity index is 881. The van der Waals surface area contributed by atoms with Crippen LogP contribution in [0.4, 0.5) is 0 Å². The number of hydrogen-bond acceptors (Lipinski definition) is 3. The molecule has 1 aliphatic rings. The first-order valence-electron chi connectivity index (χ1n) is 7.70. The van der Waals surface area contributed by atoms with Gasteiger partial charge in [-0.2, -0.15) is 0 Å². The summed E-state index contributed by atoms with van der Waals surface area (Å²) in [5.74, 6) is 2.76. The lowest BCUT2D eigenvalue weighted by atomic mass is 9.94. The Hall–Kier alpha value is -2.50. The van der Waals surface area contributed by atoms with Crippen LogP contribution in [-0.4, -0.2) is 33.6 Å². The Labute approximate surface area is 136 Å². The molecule has 1 aromatic carbocycles. The van der Waals surface area contributed by atoms with E-state index in [9.17, 15) is 0 Å². The third kappa shape index (κ3) is 2.34. The Morgan fingerprint density at radius 3 is 2.96 bits per heavy atom. The first-order chi connectivity index (χ1) is 11.1. The highest BCUT2D eigenvalue weighted by atomic mass is 16.5. The summed E-state index contributed by atoms with van der Waals surface area (Å²) in [5.41, 5.74) is 3.89. The van der Waals surface area contributed by atoms with E-state index in [-0.39, 0.29) is 0 Å². The summed E-state index contributed by atoms with van der Waals surface area (Å²) < 4.78 is 10.2. The maximum absolute atomic E-state index is 5.96. The highest BCUT2D eigenvalue weighted by molar-refractivity contribution is 6.32. The largest absolute Gasteiger partial charge is 0.491 e. The lowest BCUT2D eigenvalue weighted by Crippen LogP contribution is -2.12. The van der Waals surface area contributed by atoms with E-state index in [1.54, 1.807) is 0 Å². The molecule has 0 saturated carbocycles. The van der Waals surface area contributed by atoms with Crippen LogP contribution < -0.4 is 10.2 Å². The van der Waals surface area contributed by atoms with E-state index in [0.29, 0.717) is 12.1 Å². The van der Waals surface area contributed by atoms with Crippen molar-refractivity contribution in [1.29, 1.82) is 0 Å². The van der Waals surface area contributed by atoms with Crippen LogP contribution in [-0.2, 0) is 13.1 Å². The van der Waals surface area contributed by atoms with Gasteiger partial charge in [-0.1, -0.05) is 17.6 Å². The third-order valence-electron chi connectivity index (χ3n) is 4.33. The Kier molecular flexibility index (Phi) is 3.25. The lowest BCUT2D eigenvalue weighted by Gasteiger charge is -2.11. The number of aryl methyl sites for hydroxylation is 2. The van der Waals surface area contributed by atoms with E-state index in [2.05, 4.69) is 21.0 Å². The van der Waals surface area contributed by atoms with Crippen molar-refractivity contribution >= 4 is 13.3 Å². The molecule has 0 bridgehead atoms. The number of benzene rings is 1. The van der Waals surface area contributed by atoms with Crippen LogP contribution in [0.5, 0.6) is 5.75 Å². The van der Waals surface area contributed by atoms with Gasteiger partial charge >= 0.3 is 0 Å². The van der Waals surface area contributed by atoms with Crippen LogP contribution in [0.25, 0.3) is 11.4 Å². The molecule has 0 N–H and O–H groups in total. The van der Waals surface area contributed by atoms with Crippen LogP contribution in [0.15, 0.2) is 30.6 Å². The van der Waals surface area contributed by atoms with Crippen LogP contribution in [0.2, 0.25) is 0 Å². The molecule has 114 valence electrons. The van der Waals surface area contributed by atoms with Gasteiger partial charge in [-0.3, -0.25) is 0 Å². The molecule has 2 aromatic heterocycles. The molecule has 0 spiro atoms. The van der Waals surface area contributed by atoms with Crippen molar-refractivity contribution in [2.45, 2.75) is 26.9 Å². The molecule has 0 atom stereocenters. The second-order valence-electron chi connectivity index (χ2n) is 5.83. The number of fused-ring (bicyclic) bond motifs is 3. The van der Waals surface area contributed by atoms with E-state index < -0.39 is 0 Å². The second kappa shape index (κ2) is 5.30. The minimum Gasteiger partial charge on any atom is -0.491 e. The standard InChI is InChI=1S/C17H17BN4O/c1-11-15(10-21-6-5-19-12(21)2)22-7-8-23-16-4-3-13(18)9-14(16)17(22)20-11/h3-6,9H,7-8,10H2,1-2H3. The summed E-state index contributed by atoms with van der Waals surface area (Å²) in [5, 5.41) is 0. The van der Waals surface area contributed by atoms with Crippen LogP contribution >= 0.6 is 0 Å². The normalized spacial score (nSPS) is 13.1. The number of hydrogen-bond donors (Lipinski definition) is 0. The van der Waals surface area contributed by atoms with Gasteiger partial charge in [0.1, 0.15) is 31.9 Å². The van der Waals surface area contributed by atoms with E-state index in [1.807, 2.05) is 37.5 Å². The van der Waals surface area contributed by atoms with E-state index in [1.165, 1.54) is 5.69 Å². The summed E-state index contributed by atoms with van der Waals surface area (Å²) in [6.45, 7) is 6.20. The molecule has 5 nitrogen and oxygen atoms in total. The minimum absolute atomic E-state index is 0.621. The highest BCUT2D eigenvalue weighted by Gasteiger charge is 2.22. The maximum atomic E-state index is 5.96. The molecule has 0 saturated heterocycles. The van der Waals surface area contributed by atoms with Gasteiger partial charge in [0.05, 0.1) is 30.0 Å². The topological polar surface area (TPSA) is 44.9 Å². The third-order valence-corrected chi connectivity index (χ3v) is 4.33. The van der Waals surface area contributed by atoms with Gasteiger partial charge < -0.3 is 13.9 Å². The average Bonchev–Trinajstić information content (AvgIpc) is 3.01. The molecule has 0 fully saturated rings. The van der Waals surface area contributed by atoms with Crippen LogP contribution in [0.1, 0.15) is 17.2 Å². The quantitative estimate of drug-likeness (QED) is 0.676. The summed E-state index contributed by atoms with van der Waals surface area (Å²) >= 11 is 0. The molecule has 0 unspecified atom stereocenters. The van der Waals surface area contributed by atoms with Crippen LogP contribution in [0.3, 0.4) is 0 Å². The van der Waals surface area contributed by atoms with E-state index >= 15 is 0 Å². The van der Waals surface area contributed by atoms with Crippen molar-refractivity contribution in [2.75, 3.05) is 6.61 Å². The van der Waals surface area contributed by atoms with Gasteiger partial charge in [0, 0.05) is 12.4 Å². The maximum Gasteiger partial charge on any atom is 0.144 e. The zero-order chi connectivity index (χ0) is 16.0. The van der Waals surface area contributed by atoms with Crippen LogP contribution in [0, 0.1) is 13.8 Å². The van der Waals surface area contributed by atoms with Gasteiger partial charge in [-0.05, 0) is 19.9 Å². The minimum atomic E-state index is 0.621. The summed E-state index contributed by atoms with van der Waals surface area (Å²) in [6.07, 6.45) is 3.82. The van der Waals surface area contributed by atoms with Crippen molar-refractivity contribution in [3.8, 4) is 17.1 Å². The molecule has 2 radical (unpaired) electrons. The molecular weight excluding hydrogens is 287 g/mol. The average molecular weight is 304 g/mol. The first kappa shape index (κ1) is 14.1. The molecule has 23 heavy (non-hydrogen) atoms. The van der Waals surface area contributed by atoms with E-state index in [4.69, 9.17) is 17.6 Å². The van der Waals surface area contributed by atoms with E-state index in [0.717, 1.165) is 41.7 Å². The second-order valence-corrected chi connectivity index (χ2v) is 5.83. The van der Waals surface area contributed by atoms with Crippen molar-refractivity contribution in [2.24, 2.45) is 0 Å². The Morgan fingerprint density at radius 2 is 2.17 bits per heavy atom. The summed E-state index contributed by atoms with van der Waals surface area (Å²) in [7, 11) is 5.96. The smallest absolute Gasteiger partial charge is 0.144 e. The van der Waals surface area contributed by atoms with Gasteiger partial charge in [0.25, 0.3) is 0 Å². The number of aromatic nitrogens is 4. The fourth-order valence-electron chi connectivity index (χ4n) is 3.08. The number of nitrogens with zero attached hydrogens (tertiary/aromatic N) is 4. The Morgan fingerprint density at radius 1 is 1.30 bits per heavy atom. The van der Waals surface area contributed by atoms with Gasteiger partial charge in [-0.15, -0.1) is 0 Å². The highest BCUT2D eigenvalue weighted by Crippen LogP contribution is 2.32. The number of ether oxygens (including phenoxy) is 1. The predicted octanol–water partition coefficient (Wildman–Crippen LogP) is 1.60. The summed E-state index contributed by atoms with van der Waals surface area (Å²) in [6, 6.07) is 5.72. The molecule has 3 aromatic rings. The SMILES string of the molecule is [B]c1ccc2c(c1)-c1nc(C)c(Cn3ccnc3C)n1CCO2. The van der Waals surface area contributed by atoms with Gasteiger partial charge in [0.2, 0.25) is 0 Å². The van der Waals surface area contributed by atoms with Gasteiger partial charge in [-0.25, -0.2) is 9.97 Å². The molecular formula is C17H17BN4O. The number of rotatable bonds is 2. The molecule has 1 aliphatic heterocycles. The van der Waals surface area contributed by atoms with Crippen molar-refractivity contribution in [3.63, 3.8) is 0 Å². The lowest BCUT2D eigenvalue weighted by molar-refractivity contribution is 0.304. The van der Waals surface area contributed by atoms with Crippen molar-refractivity contribution in [1.82, 2.24) is 19.1 Å². The monoisotopic (exact) mass is 304 g/mol. The zero-order valence-corrected chi connectivity index (χ0v) is 13.3. The number of imidazole rings is 2. The Balaban J connectivity index is 1.85. The van der Waals surface area contributed by atoms with Crippen molar-refractivity contribution in [3.05, 3.63) is 47.8 Å². The molecule has 0 aliphatic carbocycles. The molecule has 0 amide bonds. The summed E-state index contributed by atoms with van der Waals surface area (Å²) in [4.78, 5) is 9.09. The molecule has 4 rings (SSSR count). The van der Waals surface area contributed by atoms with Crippen molar-refractivity contribution < 1.29 is 4.74 Å². The fraction of sp³-hybridized carbons (Fsp3) is 0.294. The van der Waals surface area contributed by atoms with Gasteiger partial charge in [0.15, 0.2) is 0 Å². The first-order valence-corrected chi connectivity index (χ1v) is 7.70. The fourth-order valence-corrected chi connectivity index (χ4v) is 3.08.